The van der Waals surface area contributed by atoms with Crippen LogP contribution < -0.4 is 33.2 Å². The summed E-state index contributed by atoms with van der Waals surface area (Å²) in [7, 11) is 0. The Balaban J connectivity index is 5.52. The maximum absolute atomic E-state index is 12.8. The molecule has 0 bridgehead atoms. The predicted molar refractivity (Wildman–Crippen MR) is 111 cm³/mol. The molecule has 4 atom stereocenters. The number of nitrogens with one attached hydrogen (secondary N) is 3. The number of amides is 5. The molecular formula is C18H30N6O9. The van der Waals surface area contributed by atoms with Gasteiger partial charge in [-0.25, -0.2) is 4.79 Å². The van der Waals surface area contributed by atoms with Crippen molar-refractivity contribution in [1.82, 2.24) is 16.0 Å². The van der Waals surface area contributed by atoms with E-state index in [2.05, 4.69) is 10.6 Å². The summed E-state index contributed by atoms with van der Waals surface area (Å²) >= 11 is 0. The first kappa shape index (κ1) is 29.2. The molecule has 33 heavy (non-hydrogen) atoms. The SMILES string of the molecule is CC(C)C(NC(=O)C(CCC(N)=O)NC(=O)C(N)CC(N)=O)C(=O)NC(CC(=O)O)C(=O)O. The lowest BCUT2D eigenvalue weighted by atomic mass is 10.0. The average Bonchev–Trinajstić information content (AvgIpc) is 2.66. The number of rotatable bonds is 15. The number of carboxylic acid groups (broad SMARTS) is 2. The molecule has 0 saturated heterocycles. The van der Waals surface area contributed by atoms with E-state index < -0.39 is 84.4 Å². The van der Waals surface area contributed by atoms with Crippen LogP contribution in [0.1, 0.15) is 39.5 Å². The van der Waals surface area contributed by atoms with Crippen LogP contribution in [0.5, 0.6) is 0 Å². The highest BCUT2D eigenvalue weighted by Gasteiger charge is 2.32. The highest BCUT2D eigenvalue weighted by atomic mass is 16.4. The Bertz CT molecular complexity index is 785. The van der Waals surface area contributed by atoms with E-state index in [0.29, 0.717) is 0 Å². The lowest BCUT2D eigenvalue weighted by molar-refractivity contribution is -0.147. The highest BCUT2D eigenvalue weighted by molar-refractivity contribution is 5.95. The fraction of sp³-hybridized carbons (Fsp3) is 0.611. The van der Waals surface area contributed by atoms with Crippen molar-refractivity contribution in [3.8, 4) is 0 Å². The maximum atomic E-state index is 12.8. The molecule has 0 aliphatic heterocycles. The molecule has 0 spiro atoms. The molecule has 0 heterocycles. The third-order valence-corrected chi connectivity index (χ3v) is 4.31. The Labute approximate surface area is 188 Å². The van der Waals surface area contributed by atoms with E-state index in [1.54, 1.807) is 0 Å². The average molecular weight is 474 g/mol. The van der Waals surface area contributed by atoms with Gasteiger partial charge in [-0.15, -0.1) is 0 Å². The molecule has 0 saturated carbocycles. The molecule has 0 aromatic heterocycles. The van der Waals surface area contributed by atoms with Crippen molar-refractivity contribution in [2.24, 2.45) is 23.1 Å². The fourth-order valence-electron chi connectivity index (χ4n) is 2.57. The molecule has 5 amide bonds. The van der Waals surface area contributed by atoms with Crippen molar-refractivity contribution >= 4 is 41.5 Å². The van der Waals surface area contributed by atoms with Crippen LogP contribution >= 0.6 is 0 Å². The van der Waals surface area contributed by atoms with E-state index in [1.807, 2.05) is 5.32 Å². The monoisotopic (exact) mass is 474 g/mol. The third-order valence-electron chi connectivity index (χ3n) is 4.31. The van der Waals surface area contributed by atoms with E-state index in [4.69, 9.17) is 27.4 Å². The minimum absolute atomic E-state index is 0.264. The van der Waals surface area contributed by atoms with Crippen molar-refractivity contribution in [3.63, 3.8) is 0 Å². The van der Waals surface area contributed by atoms with Gasteiger partial charge in [0.1, 0.15) is 18.1 Å². The maximum Gasteiger partial charge on any atom is 0.326 e. The summed E-state index contributed by atoms with van der Waals surface area (Å²) in [5, 5.41) is 24.5. The third kappa shape index (κ3) is 11.4. The number of hydrogen-bond donors (Lipinski definition) is 8. The minimum atomic E-state index is -1.75. The van der Waals surface area contributed by atoms with E-state index in [1.165, 1.54) is 13.8 Å². The van der Waals surface area contributed by atoms with Gasteiger partial charge in [-0.05, 0) is 12.3 Å². The first-order valence-corrected chi connectivity index (χ1v) is 9.83. The van der Waals surface area contributed by atoms with Crippen LogP contribution in [0.15, 0.2) is 0 Å². The molecule has 15 nitrogen and oxygen atoms in total. The molecule has 0 aliphatic rings. The number of carbonyl (C=O) groups is 7. The molecule has 15 heteroatoms. The van der Waals surface area contributed by atoms with Crippen molar-refractivity contribution in [2.45, 2.75) is 63.7 Å². The van der Waals surface area contributed by atoms with Gasteiger partial charge >= 0.3 is 11.9 Å². The Hall–Kier alpha value is -3.75. The largest absolute Gasteiger partial charge is 0.481 e. The van der Waals surface area contributed by atoms with Crippen LogP contribution in [0.4, 0.5) is 0 Å². The number of hydrogen-bond acceptors (Lipinski definition) is 8. The summed E-state index contributed by atoms with van der Waals surface area (Å²) in [5.74, 6) is -8.09. The zero-order chi connectivity index (χ0) is 25.9. The second-order valence-corrected chi connectivity index (χ2v) is 7.57. The number of carbonyl (C=O) groups excluding carboxylic acids is 5. The lowest BCUT2D eigenvalue weighted by Crippen LogP contribution is -2.58. The summed E-state index contributed by atoms with van der Waals surface area (Å²) in [4.78, 5) is 81.6. The standard InChI is InChI=1S/C18H30N6O9/c1-7(2)14(17(31)23-10(18(32)33)6-13(27)28)24-16(30)9(3-4-11(20)25)22-15(29)8(19)5-12(21)26/h7-10,14H,3-6,19H2,1-2H3,(H2,20,25)(H2,21,26)(H,22,29)(H,23,31)(H,24,30)(H,27,28)(H,32,33). The smallest absolute Gasteiger partial charge is 0.326 e. The Kier molecular flexibility index (Phi) is 12.1. The fourth-order valence-corrected chi connectivity index (χ4v) is 2.57. The van der Waals surface area contributed by atoms with E-state index in [-0.39, 0.29) is 12.8 Å². The summed E-state index contributed by atoms with van der Waals surface area (Å²) < 4.78 is 0. The zero-order valence-electron chi connectivity index (χ0n) is 18.2. The van der Waals surface area contributed by atoms with Crippen LogP contribution in [0.2, 0.25) is 0 Å². The quantitative estimate of drug-likeness (QED) is 0.114. The molecule has 0 rings (SSSR count). The van der Waals surface area contributed by atoms with E-state index in [0.717, 1.165) is 0 Å². The van der Waals surface area contributed by atoms with Gasteiger partial charge in [-0.1, -0.05) is 13.8 Å². The van der Waals surface area contributed by atoms with Crippen molar-refractivity contribution in [2.75, 3.05) is 0 Å². The molecule has 11 N–H and O–H groups in total. The van der Waals surface area contributed by atoms with Crippen LogP contribution in [0.25, 0.3) is 0 Å². The van der Waals surface area contributed by atoms with Gasteiger partial charge in [0, 0.05) is 6.42 Å². The van der Waals surface area contributed by atoms with Crippen molar-refractivity contribution in [1.29, 1.82) is 0 Å². The van der Waals surface area contributed by atoms with Crippen LogP contribution in [-0.2, 0) is 33.6 Å². The van der Waals surface area contributed by atoms with Gasteiger partial charge in [-0.3, -0.25) is 28.8 Å². The Morgan fingerprint density at radius 3 is 1.73 bits per heavy atom. The summed E-state index contributed by atoms with van der Waals surface area (Å²) in [6.07, 6.45) is -1.98. The second-order valence-electron chi connectivity index (χ2n) is 7.57. The van der Waals surface area contributed by atoms with E-state index in [9.17, 15) is 33.6 Å². The summed E-state index contributed by atoms with van der Waals surface area (Å²) in [6, 6.07) is -5.82. The molecule has 0 aromatic rings. The predicted octanol–water partition coefficient (Wildman–Crippen LogP) is -3.88. The van der Waals surface area contributed by atoms with Crippen LogP contribution in [0, 0.1) is 5.92 Å². The zero-order valence-corrected chi connectivity index (χ0v) is 18.2. The number of nitrogens with two attached hydrogens (primary N) is 3. The van der Waals surface area contributed by atoms with Crippen LogP contribution in [0.3, 0.4) is 0 Å². The van der Waals surface area contributed by atoms with Gasteiger partial charge in [-0.2, -0.15) is 0 Å². The van der Waals surface area contributed by atoms with Crippen molar-refractivity contribution < 1.29 is 43.8 Å². The van der Waals surface area contributed by atoms with Gasteiger partial charge in [0.2, 0.25) is 29.5 Å². The minimum Gasteiger partial charge on any atom is -0.481 e. The number of aliphatic carboxylic acids is 2. The molecule has 0 aliphatic carbocycles. The van der Waals surface area contributed by atoms with Gasteiger partial charge < -0.3 is 43.4 Å². The first-order chi connectivity index (χ1) is 15.1. The Morgan fingerprint density at radius 2 is 1.30 bits per heavy atom. The highest BCUT2D eigenvalue weighted by Crippen LogP contribution is 2.07. The molecule has 0 aromatic carbocycles. The molecule has 4 unspecified atom stereocenters. The summed E-state index contributed by atoms with van der Waals surface area (Å²) in [6.45, 7) is 3.05. The van der Waals surface area contributed by atoms with Gasteiger partial charge in [0.15, 0.2) is 0 Å². The summed E-state index contributed by atoms with van der Waals surface area (Å²) in [5.41, 5.74) is 15.6. The number of carboxylic acids is 2. The van der Waals surface area contributed by atoms with E-state index >= 15 is 0 Å². The van der Waals surface area contributed by atoms with Crippen molar-refractivity contribution in [3.05, 3.63) is 0 Å². The topological polar surface area (TPSA) is 274 Å². The first-order valence-electron chi connectivity index (χ1n) is 9.83. The molecule has 0 radical (unpaired) electrons. The van der Waals surface area contributed by atoms with Crippen LogP contribution in [-0.4, -0.2) is 75.9 Å². The lowest BCUT2D eigenvalue weighted by Gasteiger charge is -2.26. The molecular weight excluding hydrogens is 444 g/mol. The second kappa shape index (κ2) is 13.6. The number of primary amides is 2. The molecule has 186 valence electrons. The van der Waals surface area contributed by atoms with Gasteiger partial charge in [0.05, 0.1) is 18.9 Å². The Morgan fingerprint density at radius 1 is 0.758 bits per heavy atom. The van der Waals surface area contributed by atoms with Gasteiger partial charge in [0.25, 0.3) is 0 Å². The molecule has 0 fully saturated rings. The normalized spacial score (nSPS) is 14.3.